The molecule has 1 aliphatic rings. The van der Waals surface area contributed by atoms with Gasteiger partial charge >= 0.3 is 0 Å². The van der Waals surface area contributed by atoms with Crippen LogP contribution >= 0.6 is 0 Å². The molecule has 1 N–H and O–H groups in total. The van der Waals surface area contributed by atoms with Gasteiger partial charge in [0.25, 0.3) is 0 Å². The Morgan fingerprint density at radius 2 is 1.89 bits per heavy atom. The second kappa shape index (κ2) is 6.50. The first-order valence-electron chi connectivity index (χ1n) is 6.95. The molecule has 0 radical (unpaired) electrons. The Balaban J connectivity index is 2.55. The van der Waals surface area contributed by atoms with E-state index in [0.29, 0.717) is 13.2 Å². The lowest BCUT2D eigenvalue weighted by molar-refractivity contribution is -0.176. The fraction of sp³-hybridized carbons (Fsp3) is 0.857. The van der Waals surface area contributed by atoms with Gasteiger partial charge in [-0.3, -0.25) is 0 Å². The van der Waals surface area contributed by atoms with Crippen molar-refractivity contribution in [2.75, 3.05) is 13.2 Å². The minimum absolute atomic E-state index is 0.155. The van der Waals surface area contributed by atoms with E-state index in [2.05, 4.69) is 33.9 Å². The Morgan fingerprint density at radius 3 is 2.42 bits per heavy atom. The average molecular weight is 288 g/mol. The van der Waals surface area contributed by atoms with Crippen LogP contribution in [0.5, 0.6) is 0 Å². The van der Waals surface area contributed by atoms with Crippen molar-refractivity contribution >= 4 is 8.32 Å². The zero-order valence-corrected chi connectivity index (χ0v) is 14.0. The molecule has 0 fully saturated rings. The molecule has 0 aromatic rings. The zero-order valence-electron chi connectivity index (χ0n) is 13.0. The molecule has 0 unspecified atom stereocenters. The van der Waals surface area contributed by atoms with Crippen LogP contribution in [0, 0.1) is 0 Å². The van der Waals surface area contributed by atoms with Crippen molar-refractivity contribution in [1.29, 1.82) is 0 Å². The minimum atomic E-state index is -1.82. The fourth-order valence-corrected chi connectivity index (χ4v) is 2.54. The molecule has 5 heteroatoms. The third kappa shape index (κ3) is 4.68. The molecule has 0 saturated heterocycles. The summed E-state index contributed by atoms with van der Waals surface area (Å²) in [6.07, 6.45) is 2.12. The lowest BCUT2D eigenvalue weighted by Crippen LogP contribution is -2.46. The number of hydrogen-bond donors (Lipinski definition) is 1. The van der Waals surface area contributed by atoms with Gasteiger partial charge in [-0.15, -0.1) is 0 Å². The summed E-state index contributed by atoms with van der Waals surface area (Å²) in [5.74, 6) is 0. The van der Waals surface area contributed by atoms with Crippen LogP contribution in [0.15, 0.2) is 12.2 Å². The summed E-state index contributed by atoms with van der Waals surface area (Å²) < 4.78 is 17.2. The number of hydrogen-bond acceptors (Lipinski definition) is 4. The molecule has 0 aromatic heterocycles. The summed E-state index contributed by atoms with van der Waals surface area (Å²) in [6, 6.07) is 0. The predicted molar refractivity (Wildman–Crippen MR) is 78.6 cm³/mol. The third-order valence-electron chi connectivity index (χ3n) is 3.90. The van der Waals surface area contributed by atoms with Gasteiger partial charge in [0.15, 0.2) is 14.6 Å². The zero-order chi connectivity index (χ0) is 14.7. The molecule has 1 heterocycles. The highest BCUT2D eigenvalue weighted by molar-refractivity contribution is 6.74. The van der Waals surface area contributed by atoms with E-state index in [4.69, 9.17) is 13.9 Å². The Labute approximate surface area is 117 Å². The Kier molecular flexibility index (Phi) is 5.76. The van der Waals surface area contributed by atoms with Crippen molar-refractivity contribution in [3.8, 4) is 0 Å². The van der Waals surface area contributed by atoms with Crippen LogP contribution in [0.25, 0.3) is 0 Å². The van der Waals surface area contributed by atoms with E-state index in [1.807, 2.05) is 6.92 Å². The topological polar surface area (TPSA) is 47.9 Å². The van der Waals surface area contributed by atoms with Crippen LogP contribution in [-0.2, 0) is 13.9 Å². The van der Waals surface area contributed by atoms with E-state index < -0.39 is 14.4 Å². The second-order valence-electron chi connectivity index (χ2n) is 6.45. The van der Waals surface area contributed by atoms with Gasteiger partial charge in [0.05, 0.1) is 6.61 Å². The van der Waals surface area contributed by atoms with Crippen molar-refractivity contribution in [3.63, 3.8) is 0 Å². The molecule has 0 saturated carbocycles. The third-order valence-corrected chi connectivity index (χ3v) is 8.40. The molecule has 0 amide bonds. The summed E-state index contributed by atoms with van der Waals surface area (Å²) >= 11 is 0. The molecule has 112 valence electrons. The van der Waals surface area contributed by atoms with Crippen molar-refractivity contribution in [2.45, 2.75) is 64.3 Å². The maximum absolute atomic E-state index is 9.92. The highest BCUT2D eigenvalue weighted by atomic mass is 28.4. The molecule has 0 aromatic carbocycles. The summed E-state index contributed by atoms with van der Waals surface area (Å²) in [6.45, 7) is 13.9. The minimum Gasteiger partial charge on any atom is -0.414 e. The molecule has 0 aliphatic carbocycles. The molecule has 1 rings (SSSR count). The molecule has 0 spiro atoms. The van der Waals surface area contributed by atoms with Gasteiger partial charge in [-0.25, -0.2) is 0 Å². The van der Waals surface area contributed by atoms with Crippen molar-refractivity contribution < 1.29 is 19.0 Å². The van der Waals surface area contributed by atoms with Crippen LogP contribution in [0.2, 0.25) is 18.1 Å². The largest absolute Gasteiger partial charge is 0.414 e. The smallest absolute Gasteiger partial charge is 0.192 e. The first-order chi connectivity index (χ1) is 8.67. The second-order valence-corrected chi connectivity index (χ2v) is 11.3. The SMILES string of the molecule is CCO[C@@H]1C=C[C@@H](O)[C@@H](CO[Si](C)(C)C(C)(C)C)O1. The van der Waals surface area contributed by atoms with Crippen molar-refractivity contribution in [3.05, 3.63) is 12.2 Å². The number of ether oxygens (including phenoxy) is 2. The molecular formula is C14H28O4Si. The average Bonchev–Trinajstić information content (AvgIpc) is 2.29. The fourth-order valence-electron chi connectivity index (χ4n) is 1.53. The Hall–Kier alpha value is -0.203. The Morgan fingerprint density at radius 1 is 1.26 bits per heavy atom. The molecule has 0 bridgehead atoms. The van der Waals surface area contributed by atoms with Crippen LogP contribution < -0.4 is 0 Å². The molecule has 3 atom stereocenters. The van der Waals surface area contributed by atoms with E-state index in [1.165, 1.54) is 0 Å². The highest BCUT2D eigenvalue weighted by Crippen LogP contribution is 2.36. The van der Waals surface area contributed by atoms with E-state index in [9.17, 15) is 5.11 Å². The monoisotopic (exact) mass is 288 g/mol. The molecule has 19 heavy (non-hydrogen) atoms. The van der Waals surface area contributed by atoms with Crippen molar-refractivity contribution in [1.82, 2.24) is 0 Å². The van der Waals surface area contributed by atoms with Crippen LogP contribution in [0.3, 0.4) is 0 Å². The molecular weight excluding hydrogens is 260 g/mol. The number of aliphatic hydroxyl groups is 1. The predicted octanol–water partition coefficient (Wildman–Crippen LogP) is 2.69. The van der Waals surface area contributed by atoms with E-state index in [0.717, 1.165) is 0 Å². The maximum Gasteiger partial charge on any atom is 0.192 e. The highest BCUT2D eigenvalue weighted by Gasteiger charge is 2.38. The van der Waals surface area contributed by atoms with Gasteiger partial charge in [0.1, 0.15) is 12.2 Å². The summed E-state index contributed by atoms with van der Waals surface area (Å²) in [7, 11) is -1.82. The maximum atomic E-state index is 9.92. The standard InChI is InChI=1S/C14H28O4Si/c1-7-16-13-9-8-11(15)12(18-13)10-17-19(5,6)14(2,3)4/h8-9,11-13,15H,7,10H2,1-6H3/t11-,12-,13+/m1/s1. The van der Waals surface area contributed by atoms with Crippen molar-refractivity contribution in [2.24, 2.45) is 0 Å². The lowest BCUT2D eigenvalue weighted by Gasteiger charge is -2.38. The molecule has 4 nitrogen and oxygen atoms in total. The van der Waals surface area contributed by atoms with Gasteiger partial charge in [-0.1, -0.05) is 26.8 Å². The van der Waals surface area contributed by atoms with Gasteiger partial charge in [-0.05, 0) is 31.1 Å². The first-order valence-corrected chi connectivity index (χ1v) is 9.85. The van der Waals surface area contributed by atoms with Gasteiger partial charge < -0.3 is 19.0 Å². The van der Waals surface area contributed by atoms with Crippen LogP contribution in [0.4, 0.5) is 0 Å². The van der Waals surface area contributed by atoms with Crippen LogP contribution in [0.1, 0.15) is 27.7 Å². The normalized spacial score (nSPS) is 28.7. The summed E-state index contributed by atoms with van der Waals surface area (Å²) in [4.78, 5) is 0. The molecule has 1 aliphatic heterocycles. The number of rotatable bonds is 5. The summed E-state index contributed by atoms with van der Waals surface area (Å²) in [5.41, 5.74) is 0. The van der Waals surface area contributed by atoms with E-state index >= 15 is 0 Å². The van der Waals surface area contributed by atoms with Gasteiger partial charge in [0, 0.05) is 6.61 Å². The van der Waals surface area contributed by atoms with Gasteiger partial charge in [-0.2, -0.15) is 0 Å². The lowest BCUT2D eigenvalue weighted by atomic mass is 10.1. The Bertz CT molecular complexity index is 309. The van der Waals surface area contributed by atoms with Crippen LogP contribution in [-0.4, -0.2) is 45.1 Å². The first kappa shape index (κ1) is 16.9. The van der Waals surface area contributed by atoms with Gasteiger partial charge in [0.2, 0.25) is 0 Å². The number of aliphatic hydroxyl groups excluding tert-OH is 1. The quantitative estimate of drug-likeness (QED) is 0.624. The van der Waals surface area contributed by atoms with E-state index in [-0.39, 0.29) is 17.4 Å². The summed E-state index contributed by atoms with van der Waals surface area (Å²) in [5, 5.41) is 10.1. The van der Waals surface area contributed by atoms with E-state index in [1.54, 1.807) is 12.2 Å².